The van der Waals surface area contributed by atoms with Crippen molar-refractivity contribution in [3.05, 3.63) is 29.8 Å². The molecule has 0 saturated heterocycles. The van der Waals surface area contributed by atoms with E-state index in [1.807, 2.05) is 18.2 Å². The minimum atomic E-state index is -0.0840. The Balaban J connectivity index is 0.00000529. The molecule has 6 heteroatoms. The van der Waals surface area contributed by atoms with Crippen LogP contribution < -0.4 is 14.8 Å². The second-order valence-electron chi connectivity index (χ2n) is 5.12. The Bertz CT molecular complexity index is 517. The molecule has 1 amide bonds. The molecule has 0 aliphatic heterocycles. The molecule has 1 N–H and O–H groups in total. The highest BCUT2D eigenvalue weighted by Gasteiger charge is 2.03. The van der Waals surface area contributed by atoms with Gasteiger partial charge < -0.3 is 19.7 Å². The molecule has 0 spiro atoms. The van der Waals surface area contributed by atoms with Gasteiger partial charge in [-0.25, -0.2) is 0 Å². The van der Waals surface area contributed by atoms with Crippen LogP contribution in [-0.2, 0) is 4.79 Å². The lowest BCUT2D eigenvalue weighted by Crippen LogP contribution is -2.29. The lowest BCUT2D eigenvalue weighted by molar-refractivity contribution is -0.116. The summed E-state index contributed by atoms with van der Waals surface area (Å²) in [5.41, 5.74) is 0.890. The monoisotopic (exact) mass is 356 g/mol. The average molecular weight is 357 g/mol. The first-order valence-corrected chi connectivity index (χ1v) is 8.04. The summed E-state index contributed by atoms with van der Waals surface area (Å²) in [5.74, 6) is 1.24. The van der Waals surface area contributed by atoms with E-state index in [4.69, 9.17) is 9.47 Å². The molecule has 0 bridgehead atoms. The second kappa shape index (κ2) is 12.7. The van der Waals surface area contributed by atoms with Gasteiger partial charge in [0, 0.05) is 12.6 Å². The normalized spacial score (nSPS) is 10.5. The zero-order valence-corrected chi connectivity index (χ0v) is 15.8. The highest BCUT2D eigenvalue weighted by atomic mass is 35.5. The van der Waals surface area contributed by atoms with E-state index in [2.05, 4.69) is 24.1 Å². The van der Waals surface area contributed by atoms with Gasteiger partial charge in [-0.3, -0.25) is 4.79 Å². The fourth-order valence-electron chi connectivity index (χ4n) is 2.24. The van der Waals surface area contributed by atoms with Crippen molar-refractivity contribution in [2.45, 2.75) is 20.3 Å². The summed E-state index contributed by atoms with van der Waals surface area (Å²) in [4.78, 5) is 14.1. The van der Waals surface area contributed by atoms with E-state index in [1.165, 1.54) is 0 Å². The molecule has 5 nitrogen and oxygen atoms in total. The van der Waals surface area contributed by atoms with Crippen molar-refractivity contribution in [3.8, 4) is 11.5 Å². The van der Waals surface area contributed by atoms with Gasteiger partial charge in [0.15, 0.2) is 11.5 Å². The van der Waals surface area contributed by atoms with Crippen molar-refractivity contribution in [1.82, 2.24) is 10.2 Å². The van der Waals surface area contributed by atoms with Crippen LogP contribution in [0, 0.1) is 0 Å². The van der Waals surface area contributed by atoms with Gasteiger partial charge in [0.05, 0.1) is 14.2 Å². The minimum Gasteiger partial charge on any atom is -0.493 e. The number of methoxy groups -OCH3 is 2. The molecule has 0 atom stereocenters. The fourth-order valence-corrected chi connectivity index (χ4v) is 2.24. The predicted molar refractivity (Wildman–Crippen MR) is 101 cm³/mol. The van der Waals surface area contributed by atoms with E-state index < -0.39 is 0 Å². The summed E-state index contributed by atoms with van der Waals surface area (Å²) in [6.07, 6.45) is 4.26. The Kier molecular flexibility index (Phi) is 11.8. The van der Waals surface area contributed by atoms with Crippen molar-refractivity contribution in [1.29, 1.82) is 0 Å². The quantitative estimate of drug-likeness (QED) is 0.517. The number of rotatable bonds is 10. The smallest absolute Gasteiger partial charge is 0.243 e. The maximum Gasteiger partial charge on any atom is 0.243 e. The third kappa shape index (κ3) is 7.70. The molecular formula is C18H29ClN2O3. The molecule has 1 rings (SSSR count). The molecule has 0 aliphatic carbocycles. The average Bonchev–Trinajstić information content (AvgIpc) is 2.59. The largest absolute Gasteiger partial charge is 0.493 e. The number of benzene rings is 1. The summed E-state index contributed by atoms with van der Waals surface area (Å²) in [6, 6.07) is 5.54. The summed E-state index contributed by atoms with van der Waals surface area (Å²) in [7, 11) is 3.19. The molecule has 0 unspecified atom stereocenters. The first-order valence-electron chi connectivity index (χ1n) is 8.04. The van der Waals surface area contributed by atoms with Crippen LogP contribution in [0.1, 0.15) is 25.8 Å². The van der Waals surface area contributed by atoms with Gasteiger partial charge in [0.2, 0.25) is 5.91 Å². The van der Waals surface area contributed by atoms with E-state index in [0.29, 0.717) is 18.0 Å². The third-order valence-electron chi connectivity index (χ3n) is 3.68. The number of carbonyl (C=O) groups is 1. The fraction of sp³-hybridized carbons (Fsp3) is 0.500. The number of hydrogen-bond donors (Lipinski definition) is 1. The van der Waals surface area contributed by atoms with Crippen molar-refractivity contribution >= 4 is 24.4 Å². The molecule has 0 saturated carbocycles. The van der Waals surface area contributed by atoms with Gasteiger partial charge in [-0.05, 0) is 49.8 Å². The molecule has 24 heavy (non-hydrogen) atoms. The Labute approximate surface area is 151 Å². The number of carbonyl (C=O) groups excluding carboxylic acids is 1. The maximum atomic E-state index is 11.8. The Morgan fingerprint density at radius 2 is 1.83 bits per heavy atom. The lowest BCUT2D eigenvalue weighted by atomic mass is 10.2. The van der Waals surface area contributed by atoms with Crippen LogP contribution in [-0.4, -0.2) is 51.2 Å². The van der Waals surface area contributed by atoms with Gasteiger partial charge in [0.25, 0.3) is 0 Å². The zero-order chi connectivity index (χ0) is 17.1. The zero-order valence-electron chi connectivity index (χ0n) is 15.0. The third-order valence-corrected chi connectivity index (χ3v) is 3.68. The van der Waals surface area contributed by atoms with Crippen molar-refractivity contribution in [2.24, 2.45) is 0 Å². The van der Waals surface area contributed by atoms with Gasteiger partial charge in [-0.15, -0.1) is 12.4 Å². The standard InChI is InChI=1S/C18H28N2O3.ClH/c1-5-20(6-2)13-7-12-19-18(21)11-9-15-8-10-16(22-3)17(14-15)23-4;/h8-11,14H,5-7,12-13H2,1-4H3,(H,19,21);1H/b11-9+;. The van der Waals surface area contributed by atoms with Crippen LogP contribution in [0.5, 0.6) is 11.5 Å². The summed E-state index contributed by atoms with van der Waals surface area (Å²) in [6.45, 7) is 8.08. The van der Waals surface area contributed by atoms with Crippen LogP contribution in [0.4, 0.5) is 0 Å². The number of ether oxygens (including phenoxy) is 2. The van der Waals surface area contributed by atoms with Gasteiger partial charge in [-0.2, -0.15) is 0 Å². The summed E-state index contributed by atoms with van der Waals surface area (Å²) in [5, 5.41) is 2.90. The van der Waals surface area contributed by atoms with Gasteiger partial charge in [-0.1, -0.05) is 19.9 Å². The molecule has 0 heterocycles. The van der Waals surface area contributed by atoms with E-state index >= 15 is 0 Å². The number of halogens is 1. The molecule has 0 aromatic heterocycles. The van der Waals surface area contributed by atoms with E-state index in [-0.39, 0.29) is 18.3 Å². The second-order valence-corrected chi connectivity index (χ2v) is 5.12. The molecule has 0 fully saturated rings. The first kappa shape index (κ1) is 22.3. The van der Waals surface area contributed by atoms with Crippen LogP contribution in [0.15, 0.2) is 24.3 Å². The molecule has 0 radical (unpaired) electrons. The van der Waals surface area contributed by atoms with E-state index in [9.17, 15) is 4.79 Å². The van der Waals surface area contributed by atoms with Crippen LogP contribution in [0.25, 0.3) is 6.08 Å². The highest BCUT2D eigenvalue weighted by molar-refractivity contribution is 5.91. The topological polar surface area (TPSA) is 50.8 Å². The molecule has 136 valence electrons. The lowest BCUT2D eigenvalue weighted by Gasteiger charge is -2.17. The maximum absolute atomic E-state index is 11.8. The molecule has 0 aliphatic rings. The Morgan fingerprint density at radius 1 is 1.17 bits per heavy atom. The van der Waals surface area contributed by atoms with Crippen molar-refractivity contribution in [2.75, 3.05) is 40.4 Å². The number of nitrogens with zero attached hydrogens (tertiary/aromatic N) is 1. The van der Waals surface area contributed by atoms with Crippen LogP contribution in [0.3, 0.4) is 0 Å². The molecule has 1 aromatic carbocycles. The Morgan fingerprint density at radius 3 is 2.42 bits per heavy atom. The number of amides is 1. The van der Waals surface area contributed by atoms with Crippen molar-refractivity contribution < 1.29 is 14.3 Å². The van der Waals surface area contributed by atoms with Crippen molar-refractivity contribution in [3.63, 3.8) is 0 Å². The summed E-state index contributed by atoms with van der Waals surface area (Å²) < 4.78 is 10.4. The number of nitrogens with one attached hydrogen (secondary N) is 1. The highest BCUT2D eigenvalue weighted by Crippen LogP contribution is 2.27. The van der Waals surface area contributed by atoms with E-state index in [0.717, 1.165) is 31.6 Å². The minimum absolute atomic E-state index is 0. The van der Waals surface area contributed by atoms with Gasteiger partial charge in [0.1, 0.15) is 0 Å². The van der Waals surface area contributed by atoms with E-state index in [1.54, 1.807) is 26.4 Å². The number of hydrogen-bond acceptors (Lipinski definition) is 4. The van der Waals surface area contributed by atoms with Crippen LogP contribution >= 0.6 is 12.4 Å². The SMILES string of the molecule is CCN(CC)CCCNC(=O)/C=C/c1ccc(OC)c(OC)c1.Cl. The summed E-state index contributed by atoms with van der Waals surface area (Å²) >= 11 is 0. The van der Waals surface area contributed by atoms with Crippen LogP contribution in [0.2, 0.25) is 0 Å². The predicted octanol–water partition coefficient (Wildman–Crippen LogP) is 2.99. The Hall–Kier alpha value is -1.72. The molecular weight excluding hydrogens is 328 g/mol. The first-order chi connectivity index (χ1) is 11.1. The molecule has 1 aromatic rings. The van der Waals surface area contributed by atoms with Gasteiger partial charge >= 0.3 is 0 Å².